The summed E-state index contributed by atoms with van der Waals surface area (Å²) < 4.78 is 5.55. The standard InChI is InChI=1S/C19H38N4O2S/c1-3-5-17(6-10-24)14-21-18(20-4-2)22-15-19(7-13-26-16-19)23-8-11-25-12-9-23/h17,24H,3-16H2,1-2H3,(H2,20,21,22). The van der Waals surface area contributed by atoms with E-state index in [1.54, 1.807) is 0 Å². The fourth-order valence-corrected chi connectivity index (χ4v) is 5.32. The van der Waals surface area contributed by atoms with Crippen LogP contribution in [0.4, 0.5) is 0 Å². The highest BCUT2D eigenvalue weighted by molar-refractivity contribution is 7.99. The lowest BCUT2D eigenvalue weighted by Crippen LogP contribution is -2.56. The Hall–Kier alpha value is -0.500. The smallest absolute Gasteiger partial charge is 0.191 e. The number of guanidine groups is 1. The number of aliphatic hydroxyl groups excluding tert-OH is 1. The Labute approximate surface area is 163 Å². The lowest BCUT2D eigenvalue weighted by molar-refractivity contribution is -0.0104. The first-order valence-corrected chi connectivity index (χ1v) is 11.4. The summed E-state index contributed by atoms with van der Waals surface area (Å²) in [6, 6.07) is 0. The molecule has 0 spiro atoms. The minimum Gasteiger partial charge on any atom is -0.396 e. The minimum absolute atomic E-state index is 0.185. The van der Waals surface area contributed by atoms with Gasteiger partial charge in [0.15, 0.2) is 5.96 Å². The molecular weight excluding hydrogens is 348 g/mol. The summed E-state index contributed by atoms with van der Waals surface area (Å²) in [6.07, 6.45) is 4.36. The van der Waals surface area contributed by atoms with Crippen molar-refractivity contribution >= 4 is 17.7 Å². The van der Waals surface area contributed by atoms with Gasteiger partial charge in [-0.2, -0.15) is 11.8 Å². The molecule has 2 aliphatic heterocycles. The van der Waals surface area contributed by atoms with Gasteiger partial charge in [0.1, 0.15) is 0 Å². The summed E-state index contributed by atoms with van der Waals surface area (Å²) in [7, 11) is 0. The van der Waals surface area contributed by atoms with Crippen molar-refractivity contribution in [1.29, 1.82) is 0 Å². The highest BCUT2D eigenvalue weighted by atomic mass is 32.2. The first-order valence-electron chi connectivity index (χ1n) is 10.3. The Morgan fingerprint density at radius 2 is 2.08 bits per heavy atom. The molecule has 0 saturated carbocycles. The molecule has 2 fully saturated rings. The van der Waals surface area contributed by atoms with Crippen LogP contribution < -0.4 is 10.6 Å². The van der Waals surface area contributed by atoms with Crippen LogP contribution in [-0.2, 0) is 4.74 Å². The number of hydrogen-bond acceptors (Lipinski definition) is 5. The molecule has 0 radical (unpaired) electrons. The van der Waals surface area contributed by atoms with Crippen LogP contribution in [0.25, 0.3) is 0 Å². The van der Waals surface area contributed by atoms with Gasteiger partial charge in [-0.3, -0.25) is 9.89 Å². The average molecular weight is 387 g/mol. The zero-order valence-electron chi connectivity index (χ0n) is 16.6. The predicted octanol–water partition coefficient (Wildman–Crippen LogP) is 1.55. The first kappa shape index (κ1) is 21.8. The van der Waals surface area contributed by atoms with Crippen LogP contribution in [0.15, 0.2) is 4.99 Å². The molecule has 0 amide bonds. The van der Waals surface area contributed by atoms with Crippen LogP contribution in [0.2, 0.25) is 0 Å². The molecule has 2 unspecified atom stereocenters. The molecule has 0 aliphatic carbocycles. The second-order valence-corrected chi connectivity index (χ2v) is 8.47. The molecule has 3 N–H and O–H groups in total. The normalized spacial score (nSPS) is 26.0. The van der Waals surface area contributed by atoms with Gasteiger partial charge in [0.2, 0.25) is 0 Å². The molecule has 2 aliphatic rings. The molecule has 7 heteroatoms. The predicted molar refractivity (Wildman–Crippen MR) is 111 cm³/mol. The molecule has 0 aromatic rings. The maximum absolute atomic E-state index is 9.27. The van der Waals surface area contributed by atoms with Crippen molar-refractivity contribution in [3.8, 4) is 0 Å². The first-order chi connectivity index (χ1) is 12.7. The molecule has 2 saturated heterocycles. The number of rotatable bonds is 10. The summed E-state index contributed by atoms with van der Waals surface area (Å²) in [6.45, 7) is 10.9. The Morgan fingerprint density at radius 1 is 1.27 bits per heavy atom. The summed E-state index contributed by atoms with van der Waals surface area (Å²) in [4.78, 5) is 7.58. The molecule has 6 nitrogen and oxygen atoms in total. The van der Waals surface area contributed by atoms with Crippen molar-refractivity contribution in [3.05, 3.63) is 0 Å². The van der Waals surface area contributed by atoms with E-state index >= 15 is 0 Å². The molecule has 152 valence electrons. The van der Waals surface area contributed by atoms with Crippen molar-refractivity contribution in [2.24, 2.45) is 10.9 Å². The fraction of sp³-hybridized carbons (Fsp3) is 0.947. The van der Waals surface area contributed by atoms with Crippen LogP contribution in [0.5, 0.6) is 0 Å². The van der Waals surface area contributed by atoms with E-state index in [-0.39, 0.29) is 12.1 Å². The quantitative estimate of drug-likeness (QED) is 0.391. The number of nitrogens with one attached hydrogen (secondary N) is 2. The second kappa shape index (κ2) is 12.1. The van der Waals surface area contributed by atoms with Crippen LogP contribution in [-0.4, -0.2) is 85.6 Å². The lowest BCUT2D eigenvalue weighted by atomic mass is 9.96. The Balaban J connectivity index is 1.96. The highest BCUT2D eigenvalue weighted by Crippen LogP contribution is 2.34. The van der Waals surface area contributed by atoms with Crippen molar-refractivity contribution in [2.45, 2.75) is 45.1 Å². The Morgan fingerprint density at radius 3 is 2.69 bits per heavy atom. The highest BCUT2D eigenvalue weighted by Gasteiger charge is 2.40. The summed E-state index contributed by atoms with van der Waals surface area (Å²) in [5.41, 5.74) is 0.185. The molecule has 0 bridgehead atoms. The van der Waals surface area contributed by atoms with Crippen molar-refractivity contribution < 1.29 is 9.84 Å². The van der Waals surface area contributed by atoms with Crippen LogP contribution in [0, 0.1) is 5.92 Å². The molecule has 2 heterocycles. The topological polar surface area (TPSA) is 69.1 Å². The van der Waals surface area contributed by atoms with Crippen molar-refractivity contribution in [3.63, 3.8) is 0 Å². The van der Waals surface area contributed by atoms with Gasteiger partial charge >= 0.3 is 0 Å². The van der Waals surface area contributed by atoms with Crippen molar-refractivity contribution in [1.82, 2.24) is 15.5 Å². The molecule has 0 aromatic carbocycles. The number of aliphatic imine (C=N–C) groups is 1. The van der Waals surface area contributed by atoms with E-state index in [1.807, 2.05) is 0 Å². The van der Waals surface area contributed by atoms with Crippen LogP contribution in [0.3, 0.4) is 0 Å². The summed E-state index contributed by atoms with van der Waals surface area (Å²) >= 11 is 2.05. The lowest BCUT2D eigenvalue weighted by Gasteiger charge is -2.42. The van der Waals surface area contributed by atoms with Gasteiger partial charge < -0.3 is 20.5 Å². The third-order valence-electron chi connectivity index (χ3n) is 5.43. The van der Waals surface area contributed by atoms with Crippen molar-refractivity contribution in [2.75, 3.05) is 64.1 Å². The van der Waals surface area contributed by atoms with Crippen LogP contribution >= 0.6 is 11.8 Å². The SMILES string of the molecule is CCCC(CCO)CNC(=NCC1(N2CCOCC2)CCSC1)NCC. The number of nitrogens with zero attached hydrogens (tertiary/aromatic N) is 2. The van der Waals surface area contributed by atoms with Gasteiger partial charge in [0.05, 0.1) is 25.3 Å². The van der Waals surface area contributed by atoms with E-state index in [0.29, 0.717) is 5.92 Å². The maximum atomic E-state index is 9.27. The fourth-order valence-electron chi connectivity index (χ4n) is 3.86. The van der Waals surface area contributed by atoms with E-state index in [4.69, 9.17) is 9.73 Å². The molecule has 2 atom stereocenters. The van der Waals surface area contributed by atoms with E-state index in [1.165, 1.54) is 17.9 Å². The van der Waals surface area contributed by atoms with Gasteiger partial charge in [0.25, 0.3) is 0 Å². The molecule has 26 heavy (non-hydrogen) atoms. The third kappa shape index (κ3) is 6.59. The summed E-state index contributed by atoms with van der Waals surface area (Å²) in [5, 5.41) is 16.2. The van der Waals surface area contributed by atoms with Gasteiger partial charge in [-0.05, 0) is 37.9 Å². The minimum atomic E-state index is 0.185. The molecule has 2 rings (SSSR count). The van der Waals surface area contributed by atoms with Gasteiger partial charge in [-0.1, -0.05) is 13.3 Å². The maximum Gasteiger partial charge on any atom is 0.191 e. The number of ether oxygens (including phenoxy) is 1. The van der Waals surface area contributed by atoms with Gasteiger partial charge in [-0.25, -0.2) is 0 Å². The monoisotopic (exact) mass is 386 g/mol. The third-order valence-corrected chi connectivity index (χ3v) is 6.67. The zero-order chi connectivity index (χ0) is 18.7. The van der Waals surface area contributed by atoms with Gasteiger partial charge in [0, 0.05) is 38.5 Å². The molecule has 0 aromatic heterocycles. The van der Waals surface area contributed by atoms with E-state index < -0.39 is 0 Å². The Kier molecular flexibility index (Phi) is 10.1. The average Bonchev–Trinajstić information content (AvgIpc) is 3.15. The van der Waals surface area contributed by atoms with E-state index in [0.717, 1.165) is 71.2 Å². The number of morpholine rings is 1. The number of thioether (sulfide) groups is 1. The van der Waals surface area contributed by atoms with Crippen LogP contribution in [0.1, 0.15) is 39.5 Å². The largest absolute Gasteiger partial charge is 0.396 e. The summed E-state index contributed by atoms with van der Waals surface area (Å²) in [5.74, 6) is 3.81. The van der Waals surface area contributed by atoms with E-state index in [9.17, 15) is 5.11 Å². The van der Waals surface area contributed by atoms with Gasteiger partial charge in [-0.15, -0.1) is 0 Å². The van der Waals surface area contributed by atoms with E-state index in [2.05, 4.69) is 41.1 Å². The Bertz CT molecular complexity index is 404. The second-order valence-electron chi connectivity index (χ2n) is 7.37. The zero-order valence-corrected chi connectivity index (χ0v) is 17.5. The number of aliphatic hydroxyl groups is 1. The molecular formula is C19H38N4O2S. The number of hydrogen-bond donors (Lipinski definition) is 3.